The van der Waals surface area contributed by atoms with E-state index < -0.39 is 7.25 Å². The zero-order valence-corrected chi connectivity index (χ0v) is 13.5. The van der Waals surface area contributed by atoms with Crippen LogP contribution in [0.3, 0.4) is 0 Å². The Morgan fingerprint density at radius 2 is 1.38 bits per heavy atom. The number of halogens is 5. The largest absolute Gasteiger partial charge is 0.673 e. The third-order valence-corrected chi connectivity index (χ3v) is 4.41. The predicted octanol–water partition coefficient (Wildman–Crippen LogP) is 2.22. The Bertz CT molecular complexity index is 544. The second-order valence-corrected chi connectivity index (χ2v) is 6.69. The number of aryl methyl sites for hydroxylation is 1. The van der Waals surface area contributed by atoms with Gasteiger partial charge in [-0.3, -0.25) is 0 Å². The maximum atomic E-state index is 9.75. The second kappa shape index (κ2) is 8.87. The van der Waals surface area contributed by atoms with E-state index in [1.54, 1.807) is 0 Å². The zero-order chi connectivity index (χ0) is 15.7. The highest BCUT2D eigenvalue weighted by Crippen LogP contribution is 2.06. The Kier molecular flexibility index (Phi) is 7.49. The van der Waals surface area contributed by atoms with Gasteiger partial charge in [0.2, 0.25) is 0 Å². The summed E-state index contributed by atoms with van der Waals surface area (Å²) in [6.45, 7) is 2.13. The molecule has 0 nitrogen and oxygen atoms in total. The van der Waals surface area contributed by atoms with Crippen molar-refractivity contribution in [2.75, 3.05) is 0 Å². The van der Waals surface area contributed by atoms with Gasteiger partial charge in [0.1, 0.15) is 0 Å². The lowest BCUT2D eigenvalue weighted by Gasteiger charge is -1.94. The van der Waals surface area contributed by atoms with Crippen LogP contribution >= 0.6 is 0 Å². The summed E-state index contributed by atoms with van der Waals surface area (Å²) in [6.07, 6.45) is 2.22. The summed E-state index contributed by atoms with van der Waals surface area (Å²) in [6, 6.07) is 19.3. The molecule has 0 aromatic heterocycles. The first-order valence-electron chi connectivity index (χ1n) is 6.13. The van der Waals surface area contributed by atoms with E-state index in [1.807, 2.05) is 6.07 Å². The van der Waals surface area contributed by atoms with Crippen molar-refractivity contribution in [2.24, 2.45) is 0 Å². The van der Waals surface area contributed by atoms with E-state index in [0.717, 1.165) is 0 Å². The van der Waals surface area contributed by atoms with Crippen molar-refractivity contribution in [3.8, 4) is 0 Å². The molecule has 6 heteroatoms. The van der Waals surface area contributed by atoms with Crippen molar-refractivity contribution < 1.29 is 38.5 Å². The molecule has 0 fully saturated rings. The molecule has 0 aliphatic rings. The molecular formula is C15H14BF4I. The summed E-state index contributed by atoms with van der Waals surface area (Å²) in [5, 5.41) is 0. The molecule has 0 heterocycles. The molecule has 0 amide bonds. The molecule has 2 aromatic carbocycles. The number of benzene rings is 2. The van der Waals surface area contributed by atoms with Gasteiger partial charge in [-0.05, 0) is 30.7 Å². The third-order valence-electron chi connectivity index (χ3n) is 2.25. The van der Waals surface area contributed by atoms with Gasteiger partial charge in [-0.25, -0.2) is 0 Å². The van der Waals surface area contributed by atoms with Crippen LogP contribution in [0.5, 0.6) is 0 Å². The second-order valence-electron chi connectivity index (χ2n) is 4.10. The van der Waals surface area contributed by atoms with Gasteiger partial charge < -0.3 is 17.3 Å². The highest BCUT2D eigenvalue weighted by molar-refractivity contribution is 6.50. The van der Waals surface area contributed by atoms with Crippen LogP contribution in [0.1, 0.15) is 11.1 Å². The van der Waals surface area contributed by atoms with Crippen molar-refractivity contribution in [3.63, 3.8) is 0 Å². The lowest BCUT2D eigenvalue weighted by atomic mass is 10.2. The van der Waals surface area contributed by atoms with Crippen LogP contribution in [0.2, 0.25) is 0 Å². The molecule has 0 spiro atoms. The van der Waals surface area contributed by atoms with Crippen molar-refractivity contribution in [1.29, 1.82) is 0 Å². The maximum Gasteiger partial charge on any atom is 0.673 e. The minimum absolute atomic E-state index is 0.00760. The Balaban J connectivity index is 0.000000383. The van der Waals surface area contributed by atoms with Gasteiger partial charge in [-0.1, -0.05) is 48.0 Å². The van der Waals surface area contributed by atoms with Crippen LogP contribution in [-0.4, -0.2) is 7.25 Å². The van der Waals surface area contributed by atoms with Crippen LogP contribution in [0, 0.1) is 10.5 Å². The first kappa shape index (κ1) is 17.7. The fourth-order valence-corrected chi connectivity index (χ4v) is 3.13. The molecule has 0 radical (unpaired) electrons. The van der Waals surface area contributed by atoms with Crippen molar-refractivity contribution in [1.82, 2.24) is 0 Å². The molecule has 0 bridgehead atoms. The van der Waals surface area contributed by atoms with Crippen LogP contribution in [0.4, 0.5) is 17.3 Å². The number of hydrogen-bond donors (Lipinski definition) is 0. The summed E-state index contributed by atoms with van der Waals surface area (Å²) in [5.74, 6) is 0. The standard InChI is InChI=1S/C15H14I.BF4/c1-13-7-9-15(10-8-13)16-12-11-14-5-3-2-4-6-14;2-1(3,4)5/h2-12H,1H3;/q+1;-1/b12-11+;. The van der Waals surface area contributed by atoms with Crippen LogP contribution in [0.15, 0.2) is 58.7 Å². The first-order chi connectivity index (χ1) is 9.84. The van der Waals surface area contributed by atoms with Crippen molar-refractivity contribution in [2.45, 2.75) is 6.92 Å². The Labute approximate surface area is 132 Å². The quantitative estimate of drug-likeness (QED) is 0.416. The van der Waals surface area contributed by atoms with Gasteiger partial charge in [0.15, 0.2) is 7.65 Å². The molecule has 2 rings (SSSR count). The molecular weight excluding hydrogens is 394 g/mol. The lowest BCUT2D eigenvalue weighted by Crippen LogP contribution is -3.59. The molecule has 0 aliphatic heterocycles. The smallest absolute Gasteiger partial charge is 0.418 e. The van der Waals surface area contributed by atoms with E-state index in [1.165, 1.54) is 14.7 Å². The Morgan fingerprint density at radius 3 is 1.90 bits per heavy atom. The fraction of sp³-hybridized carbons (Fsp3) is 0.0667. The molecule has 0 saturated heterocycles. The van der Waals surface area contributed by atoms with Crippen LogP contribution in [-0.2, 0) is 0 Å². The lowest BCUT2D eigenvalue weighted by molar-refractivity contribution is -0.555. The van der Waals surface area contributed by atoms with E-state index in [4.69, 9.17) is 0 Å². The predicted molar refractivity (Wildman–Crippen MR) is 75.5 cm³/mol. The monoisotopic (exact) mass is 408 g/mol. The first-order valence-corrected chi connectivity index (χ1v) is 8.46. The average molecular weight is 408 g/mol. The molecule has 0 atom stereocenters. The van der Waals surface area contributed by atoms with E-state index in [0.29, 0.717) is 0 Å². The van der Waals surface area contributed by atoms with E-state index in [-0.39, 0.29) is 21.2 Å². The van der Waals surface area contributed by atoms with Gasteiger partial charge in [0.05, 0.1) is 0 Å². The molecule has 0 unspecified atom stereocenters. The third kappa shape index (κ3) is 10.1. The SMILES string of the molecule is Cc1ccc([I+]/C=C/c2ccccc2)cc1.F[B-](F)(F)F. The number of rotatable bonds is 3. The highest BCUT2D eigenvalue weighted by atomic mass is 127. The summed E-state index contributed by atoms with van der Waals surface area (Å²) in [4.78, 5) is 0. The normalized spacial score (nSPS) is 11.1. The number of hydrogen-bond acceptors (Lipinski definition) is 0. The minimum atomic E-state index is -6.00. The minimum Gasteiger partial charge on any atom is -0.418 e. The summed E-state index contributed by atoms with van der Waals surface area (Å²) < 4.78 is 42.8. The van der Waals surface area contributed by atoms with E-state index >= 15 is 0 Å². The Hall–Kier alpha value is -1.31. The van der Waals surface area contributed by atoms with Gasteiger partial charge in [0, 0.05) is 0 Å². The average Bonchev–Trinajstić information content (AvgIpc) is 2.40. The molecule has 2 aromatic rings. The fourth-order valence-electron chi connectivity index (χ4n) is 1.35. The summed E-state index contributed by atoms with van der Waals surface area (Å²) in [5.41, 5.74) is 2.62. The zero-order valence-electron chi connectivity index (χ0n) is 11.3. The highest BCUT2D eigenvalue weighted by Gasteiger charge is 2.20. The maximum absolute atomic E-state index is 9.75. The van der Waals surface area contributed by atoms with Crippen molar-refractivity contribution in [3.05, 3.63) is 73.4 Å². The molecule has 0 aliphatic carbocycles. The molecule has 112 valence electrons. The van der Waals surface area contributed by atoms with E-state index in [2.05, 4.69) is 65.6 Å². The van der Waals surface area contributed by atoms with Crippen LogP contribution < -0.4 is 21.2 Å². The molecule has 21 heavy (non-hydrogen) atoms. The van der Waals surface area contributed by atoms with Gasteiger partial charge in [-0.2, -0.15) is 0 Å². The van der Waals surface area contributed by atoms with Gasteiger partial charge in [-0.15, -0.1) is 0 Å². The molecule has 0 N–H and O–H groups in total. The van der Waals surface area contributed by atoms with Crippen molar-refractivity contribution >= 4 is 13.3 Å². The topological polar surface area (TPSA) is 0 Å². The van der Waals surface area contributed by atoms with Gasteiger partial charge in [0.25, 0.3) is 0 Å². The molecule has 0 saturated carbocycles. The summed E-state index contributed by atoms with van der Waals surface area (Å²) >= 11 is 0.00760. The van der Waals surface area contributed by atoms with Gasteiger partial charge >= 0.3 is 28.5 Å². The van der Waals surface area contributed by atoms with E-state index in [9.17, 15) is 17.3 Å². The summed E-state index contributed by atoms with van der Waals surface area (Å²) in [7, 11) is -6.00. The Morgan fingerprint density at radius 1 is 0.857 bits per heavy atom. The van der Waals surface area contributed by atoms with Crippen LogP contribution in [0.25, 0.3) is 6.08 Å².